The van der Waals surface area contributed by atoms with E-state index in [0.717, 1.165) is 5.75 Å². The summed E-state index contributed by atoms with van der Waals surface area (Å²) in [6.07, 6.45) is 0.167. The second kappa shape index (κ2) is 9.75. The fourth-order valence-electron chi connectivity index (χ4n) is 3.19. The largest absolute Gasteiger partial charge is 0.492 e. The van der Waals surface area contributed by atoms with E-state index < -0.39 is 0 Å². The fraction of sp³-hybridized carbons (Fsp3) is 0.556. The SMILES string of the molecule is C[C@H]1OCCN[C@@H]1C(=O)NC1CC(=O)N(CCOc2ccccc2)C1.Cl. The van der Waals surface area contributed by atoms with Crippen molar-refractivity contribution in [1.29, 1.82) is 0 Å². The molecule has 8 heteroatoms. The van der Waals surface area contributed by atoms with Crippen LogP contribution in [0.25, 0.3) is 0 Å². The van der Waals surface area contributed by atoms with Crippen molar-refractivity contribution in [3.8, 4) is 5.75 Å². The molecule has 2 amide bonds. The maximum atomic E-state index is 12.4. The molecule has 2 N–H and O–H groups in total. The highest BCUT2D eigenvalue weighted by molar-refractivity contribution is 5.85. The van der Waals surface area contributed by atoms with Gasteiger partial charge in [-0.25, -0.2) is 0 Å². The number of halogens is 1. The zero-order valence-corrected chi connectivity index (χ0v) is 15.7. The number of nitrogens with one attached hydrogen (secondary N) is 2. The number of benzene rings is 1. The number of morpholine rings is 1. The second-order valence-corrected chi connectivity index (χ2v) is 6.42. The van der Waals surface area contributed by atoms with Crippen molar-refractivity contribution in [2.45, 2.75) is 31.5 Å². The third-order valence-electron chi connectivity index (χ3n) is 4.53. The van der Waals surface area contributed by atoms with Crippen LogP contribution in [0.3, 0.4) is 0 Å². The summed E-state index contributed by atoms with van der Waals surface area (Å²) in [4.78, 5) is 26.2. The van der Waals surface area contributed by atoms with Gasteiger partial charge in [0.15, 0.2) is 0 Å². The van der Waals surface area contributed by atoms with Gasteiger partial charge < -0.3 is 25.0 Å². The molecule has 2 aliphatic rings. The smallest absolute Gasteiger partial charge is 0.240 e. The molecule has 1 unspecified atom stereocenters. The van der Waals surface area contributed by atoms with E-state index in [4.69, 9.17) is 9.47 Å². The highest BCUT2D eigenvalue weighted by Crippen LogP contribution is 2.13. The number of amides is 2. The van der Waals surface area contributed by atoms with Crippen molar-refractivity contribution in [2.24, 2.45) is 0 Å². The van der Waals surface area contributed by atoms with Gasteiger partial charge >= 0.3 is 0 Å². The first-order valence-electron chi connectivity index (χ1n) is 8.74. The molecule has 1 aromatic rings. The van der Waals surface area contributed by atoms with E-state index in [1.165, 1.54) is 0 Å². The van der Waals surface area contributed by atoms with Crippen molar-refractivity contribution >= 4 is 24.2 Å². The van der Waals surface area contributed by atoms with E-state index in [9.17, 15) is 9.59 Å². The average Bonchev–Trinajstić information content (AvgIpc) is 2.95. The molecule has 1 aromatic carbocycles. The average molecular weight is 384 g/mol. The lowest BCUT2D eigenvalue weighted by Gasteiger charge is -2.30. The highest BCUT2D eigenvalue weighted by Gasteiger charge is 2.34. The van der Waals surface area contributed by atoms with Gasteiger partial charge in [0.05, 0.1) is 25.3 Å². The number of carbonyl (C=O) groups is 2. The molecule has 0 aliphatic carbocycles. The standard InChI is InChI=1S/C18H25N3O4.ClH/c1-13-17(19-7-9-24-13)18(23)20-14-11-16(22)21(12-14)8-10-25-15-5-3-2-4-6-15;/h2-6,13-14,17,19H,7-12H2,1H3,(H,20,23);1H/t13-,14?,17+;/m1./s1. The summed E-state index contributed by atoms with van der Waals surface area (Å²) in [7, 11) is 0. The minimum Gasteiger partial charge on any atom is -0.492 e. The van der Waals surface area contributed by atoms with Crippen LogP contribution in [0.1, 0.15) is 13.3 Å². The van der Waals surface area contributed by atoms with Gasteiger partial charge in [0.25, 0.3) is 0 Å². The number of carbonyl (C=O) groups excluding carboxylic acids is 2. The first-order chi connectivity index (χ1) is 12.1. The lowest BCUT2D eigenvalue weighted by Crippen LogP contribution is -2.57. The van der Waals surface area contributed by atoms with Crippen LogP contribution in [0.4, 0.5) is 0 Å². The molecule has 3 atom stereocenters. The summed E-state index contributed by atoms with van der Waals surface area (Å²) >= 11 is 0. The molecule has 0 bridgehead atoms. The molecule has 0 spiro atoms. The van der Waals surface area contributed by atoms with Gasteiger partial charge in [-0.05, 0) is 19.1 Å². The summed E-state index contributed by atoms with van der Waals surface area (Å²) in [6.45, 7) is 4.62. The summed E-state index contributed by atoms with van der Waals surface area (Å²) in [5.41, 5.74) is 0. The van der Waals surface area contributed by atoms with Gasteiger partial charge in [0.2, 0.25) is 11.8 Å². The third kappa shape index (κ3) is 5.33. The Morgan fingerprint density at radius 1 is 1.38 bits per heavy atom. The monoisotopic (exact) mass is 383 g/mol. The Kier molecular flexibility index (Phi) is 7.68. The number of hydrogen-bond acceptors (Lipinski definition) is 5. The number of nitrogens with zero attached hydrogens (tertiary/aromatic N) is 1. The minimum atomic E-state index is -0.362. The zero-order valence-electron chi connectivity index (χ0n) is 14.8. The molecule has 3 rings (SSSR count). The van der Waals surface area contributed by atoms with Gasteiger partial charge in [0, 0.05) is 19.5 Å². The third-order valence-corrected chi connectivity index (χ3v) is 4.53. The number of para-hydroxylation sites is 1. The summed E-state index contributed by atoms with van der Waals surface area (Å²) in [6, 6.07) is 8.99. The summed E-state index contributed by atoms with van der Waals surface area (Å²) in [5.74, 6) is 0.728. The second-order valence-electron chi connectivity index (χ2n) is 6.42. The summed E-state index contributed by atoms with van der Waals surface area (Å²) < 4.78 is 11.1. The zero-order chi connectivity index (χ0) is 17.6. The van der Waals surface area contributed by atoms with Crippen molar-refractivity contribution in [2.75, 3.05) is 32.8 Å². The molecule has 0 saturated carbocycles. The van der Waals surface area contributed by atoms with Crippen molar-refractivity contribution in [1.82, 2.24) is 15.5 Å². The van der Waals surface area contributed by atoms with Gasteiger partial charge in [0.1, 0.15) is 18.4 Å². The van der Waals surface area contributed by atoms with Gasteiger partial charge in [-0.15, -0.1) is 12.4 Å². The maximum absolute atomic E-state index is 12.4. The Morgan fingerprint density at radius 3 is 2.88 bits per heavy atom. The van der Waals surface area contributed by atoms with Crippen LogP contribution in [0.2, 0.25) is 0 Å². The van der Waals surface area contributed by atoms with Crippen LogP contribution in [-0.4, -0.2) is 67.7 Å². The normalized spacial score (nSPS) is 25.5. The molecule has 7 nitrogen and oxygen atoms in total. The van der Waals surface area contributed by atoms with Crippen LogP contribution in [0, 0.1) is 0 Å². The first-order valence-corrected chi connectivity index (χ1v) is 8.74. The van der Waals surface area contributed by atoms with Crippen LogP contribution >= 0.6 is 12.4 Å². The first kappa shape index (κ1) is 20.5. The Bertz CT molecular complexity index is 601. The highest BCUT2D eigenvalue weighted by atomic mass is 35.5. The molecule has 2 heterocycles. The van der Waals surface area contributed by atoms with Crippen LogP contribution in [0.15, 0.2) is 30.3 Å². The van der Waals surface area contributed by atoms with Crippen molar-refractivity contribution < 1.29 is 19.1 Å². The van der Waals surface area contributed by atoms with E-state index in [1.807, 2.05) is 37.3 Å². The predicted octanol–water partition coefficient (Wildman–Crippen LogP) is 0.581. The molecular formula is C18H26ClN3O4. The fourth-order valence-corrected chi connectivity index (χ4v) is 3.19. The van der Waals surface area contributed by atoms with E-state index in [1.54, 1.807) is 4.90 Å². The Labute approximate surface area is 159 Å². The number of ether oxygens (including phenoxy) is 2. The Hall–Kier alpha value is -1.83. The van der Waals surface area contributed by atoms with Crippen LogP contribution < -0.4 is 15.4 Å². The van der Waals surface area contributed by atoms with E-state index in [-0.39, 0.29) is 42.4 Å². The molecule has 2 aliphatic heterocycles. The predicted molar refractivity (Wildman–Crippen MR) is 99.5 cm³/mol. The van der Waals surface area contributed by atoms with Gasteiger partial charge in [-0.2, -0.15) is 0 Å². The molecule has 2 fully saturated rings. The molecule has 26 heavy (non-hydrogen) atoms. The summed E-state index contributed by atoms with van der Waals surface area (Å²) in [5, 5.41) is 6.12. The van der Waals surface area contributed by atoms with Crippen LogP contribution in [-0.2, 0) is 14.3 Å². The lowest BCUT2D eigenvalue weighted by atomic mass is 10.1. The molecule has 0 radical (unpaired) electrons. The lowest BCUT2D eigenvalue weighted by molar-refractivity contribution is -0.129. The number of hydrogen-bond donors (Lipinski definition) is 2. The molecule has 0 aromatic heterocycles. The molecule has 2 saturated heterocycles. The van der Waals surface area contributed by atoms with E-state index in [0.29, 0.717) is 39.3 Å². The molecular weight excluding hydrogens is 358 g/mol. The van der Waals surface area contributed by atoms with E-state index >= 15 is 0 Å². The number of likely N-dealkylation sites (tertiary alicyclic amines) is 1. The molecule has 144 valence electrons. The van der Waals surface area contributed by atoms with Gasteiger partial charge in [-0.1, -0.05) is 18.2 Å². The topological polar surface area (TPSA) is 79.9 Å². The quantitative estimate of drug-likeness (QED) is 0.751. The van der Waals surface area contributed by atoms with Crippen LogP contribution in [0.5, 0.6) is 5.75 Å². The Balaban J connectivity index is 0.00000243. The van der Waals surface area contributed by atoms with Crippen molar-refractivity contribution in [3.05, 3.63) is 30.3 Å². The van der Waals surface area contributed by atoms with Gasteiger partial charge in [-0.3, -0.25) is 9.59 Å². The van der Waals surface area contributed by atoms with Crippen molar-refractivity contribution in [3.63, 3.8) is 0 Å². The minimum absolute atomic E-state index is 0. The Morgan fingerprint density at radius 2 is 2.15 bits per heavy atom. The maximum Gasteiger partial charge on any atom is 0.240 e. The van der Waals surface area contributed by atoms with E-state index in [2.05, 4.69) is 10.6 Å². The number of rotatable bonds is 6.